The molecule has 1 unspecified atom stereocenters. The number of aryl methyl sites for hydroxylation is 1. The maximum atomic E-state index is 10.4. The molecule has 23 heavy (non-hydrogen) atoms. The van der Waals surface area contributed by atoms with Gasteiger partial charge in [0.1, 0.15) is 5.75 Å². The molecule has 2 rings (SSSR count). The van der Waals surface area contributed by atoms with E-state index in [1.54, 1.807) is 12.1 Å². The van der Waals surface area contributed by atoms with E-state index in [1.165, 1.54) is 5.56 Å². The van der Waals surface area contributed by atoms with Crippen LogP contribution in [0.4, 0.5) is 0 Å². The first-order chi connectivity index (χ1) is 11.1. The minimum absolute atomic E-state index is 0.311. The van der Waals surface area contributed by atoms with E-state index in [0.29, 0.717) is 11.8 Å². The number of ether oxygens (including phenoxy) is 1. The average Bonchev–Trinajstić information content (AvgIpc) is 2.58. The molecule has 2 aromatic carbocycles. The second kappa shape index (κ2) is 8.96. The fourth-order valence-electron chi connectivity index (χ4n) is 2.27. The highest BCUT2D eigenvalue weighted by atomic mass is 16.5. The quantitative estimate of drug-likeness (QED) is 0.746. The van der Waals surface area contributed by atoms with Crippen LogP contribution < -0.4 is 10.1 Å². The number of nitrogens with one attached hydrogen (secondary N) is 1. The Hall–Kier alpha value is -2.33. The molecular formula is C19H23NO3. The molecule has 0 aliphatic rings. The number of hydrogen-bond acceptors (Lipinski definition) is 3. The van der Waals surface area contributed by atoms with E-state index in [2.05, 4.69) is 36.5 Å². The van der Waals surface area contributed by atoms with Gasteiger partial charge in [-0.15, -0.1) is 0 Å². The second-order valence-electron chi connectivity index (χ2n) is 5.63. The van der Waals surface area contributed by atoms with Gasteiger partial charge >= 0.3 is 5.97 Å². The molecule has 0 radical (unpaired) electrons. The summed E-state index contributed by atoms with van der Waals surface area (Å²) in [5.41, 5.74) is 2.51. The maximum absolute atomic E-state index is 10.4. The largest absolute Gasteiger partial charge is 0.482 e. The van der Waals surface area contributed by atoms with Crippen LogP contribution in [-0.2, 0) is 17.8 Å². The third-order valence-corrected chi connectivity index (χ3v) is 3.65. The van der Waals surface area contributed by atoms with Crippen molar-refractivity contribution < 1.29 is 14.6 Å². The van der Waals surface area contributed by atoms with Crippen LogP contribution in [0.5, 0.6) is 5.75 Å². The summed E-state index contributed by atoms with van der Waals surface area (Å²) in [6, 6.07) is 18.4. The molecule has 0 amide bonds. The normalized spacial score (nSPS) is 11.9. The highest BCUT2D eigenvalue weighted by Crippen LogP contribution is 2.12. The van der Waals surface area contributed by atoms with Crippen LogP contribution >= 0.6 is 0 Å². The zero-order valence-electron chi connectivity index (χ0n) is 13.4. The Labute approximate surface area is 137 Å². The molecule has 0 spiro atoms. The van der Waals surface area contributed by atoms with E-state index in [4.69, 9.17) is 9.84 Å². The van der Waals surface area contributed by atoms with Gasteiger partial charge in [0.2, 0.25) is 0 Å². The molecule has 122 valence electrons. The Kier molecular flexibility index (Phi) is 6.63. The lowest BCUT2D eigenvalue weighted by molar-refractivity contribution is -0.139. The molecule has 2 aromatic rings. The summed E-state index contributed by atoms with van der Waals surface area (Å²) < 4.78 is 5.12. The SMILES string of the molecule is CC(CCc1ccccc1)NCc1ccc(OCC(=O)O)cc1. The molecule has 0 saturated heterocycles. The molecule has 4 nitrogen and oxygen atoms in total. The molecule has 0 bridgehead atoms. The van der Waals surface area contributed by atoms with Crippen molar-refractivity contribution in [2.75, 3.05) is 6.61 Å². The number of aliphatic carboxylic acids is 1. The lowest BCUT2D eigenvalue weighted by Crippen LogP contribution is -2.25. The van der Waals surface area contributed by atoms with Gasteiger partial charge < -0.3 is 15.2 Å². The Morgan fingerprint density at radius 1 is 1.09 bits per heavy atom. The summed E-state index contributed by atoms with van der Waals surface area (Å²) in [6.45, 7) is 2.66. The standard InChI is InChI=1S/C19H23NO3/c1-15(7-8-16-5-3-2-4-6-16)20-13-17-9-11-18(12-10-17)23-14-19(21)22/h2-6,9-12,15,20H,7-8,13-14H2,1H3,(H,21,22). The van der Waals surface area contributed by atoms with E-state index < -0.39 is 5.97 Å². The van der Waals surface area contributed by atoms with E-state index >= 15 is 0 Å². The predicted molar refractivity (Wildman–Crippen MR) is 90.6 cm³/mol. The van der Waals surface area contributed by atoms with Crippen LogP contribution in [0.1, 0.15) is 24.5 Å². The summed E-state index contributed by atoms with van der Waals surface area (Å²) in [5, 5.41) is 12.1. The maximum Gasteiger partial charge on any atom is 0.341 e. The van der Waals surface area contributed by atoms with Gasteiger partial charge in [-0.1, -0.05) is 42.5 Å². The number of rotatable bonds is 9. The topological polar surface area (TPSA) is 58.6 Å². The molecule has 1 atom stereocenters. The van der Waals surface area contributed by atoms with Crippen molar-refractivity contribution in [1.29, 1.82) is 0 Å². The molecule has 0 saturated carbocycles. The van der Waals surface area contributed by atoms with E-state index in [0.717, 1.165) is 24.9 Å². The van der Waals surface area contributed by atoms with Crippen molar-refractivity contribution in [1.82, 2.24) is 5.32 Å². The van der Waals surface area contributed by atoms with Crippen LogP contribution in [0.25, 0.3) is 0 Å². The predicted octanol–water partition coefficient (Wildman–Crippen LogP) is 3.26. The van der Waals surface area contributed by atoms with Gasteiger partial charge in [-0.3, -0.25) is 0 Å². The van der Waals surface area contributed by atoms with Crippen LogP contribution in [0.3, 0.4) is 0 Å². The highest BCUT2D eigenvalue weighted by Gasteiger charge is 2.03. The fourth-order valence-corrected chi connectivity index (χ4v) is 2.27. The van der Waals surface area contributed by atoms with Crippen LogP contribution in [-0.4, -0.2) is 23.7 Å². The van der Waals surface area contributed by atoms with Crippen LogP contribution in [0.15, 0.2) is 54.6 Å². The first-order valence-corrected chi connectivity index (χ1v) is 7.84. The van der Waals surface area contributed by atoms with Gasteiger partial charge in [-0.2, -0.15) is 0 Å². The highest BCUT2D eigenvalue weighted by molar-refractivity contribution is 5.68. The number of benzene rings is 2. The molecule has 0 heterocycles. The van der Waals surface area contributed by atoms with Gasteiger partial charge in [0.05, 0.1) is 0 Å². The molecular weight excluding hydrogens is 290 g/mol. The van der Waals surface area contributed by atoms with Crippen molar-refractivity contribution in [2.45, 2.75) is 32.4 Å². The van der Waals surface area contributed by atoms with Gasteiger partial charge in [0, 0.05) is 12.6 Å². The Morgan fingerprint density at radius 3 is 2.43 bits per heavy atom. The molecule has 4 heteroatoms. The molecule has 2 N–H and O–H groups in total. The van der Waals surface area contributed by atoms with Gasteiger partial charge in [-0.05, 0) is 43.0 Å². The number of carboxylic acids is 1. The van der Waals surface area contributed by atoms with Crippen LogP contribution in [0, 0.1) is 0 Å². The van der Waals surface area contributed by atoms with Crippen molar-refractivity contribution in [3.8, 4) is 5.75 Å². The minimum Gasteiger partial charge on any atom is -0.482 e. The van der Waals surface area contributed by atoms with Crippen molar-refractivity contribution in [2.24, 2.45) is 0 Å². The summed E-state index contributed by atoms with van der Waals surface area (Å²) >= 11 is 0. The lowest BCUT2D eigenvalue weighted by atomic mass is 10.1. The first-order valence-electron chi connectivity index (χ1n) is 7.84. The summed E-state index contributed by atoms with van der Waals surface area (Å²) in [5.74, 6) is -0.392. The number of carboxylic acid groups (broad SMARTS) is 1. The first kappa shape index (κ1) is 17.0. The summed E-state index contributed by atoms with van der Waals surface area (Å²) in [4.78, 5) is 10.4. The van der Waals surface area contributed by atoms with E-state index in [9.17, 15) is 4.79 Å². The van der Waals surface area contributed by atoms with Crippen molar-refractivity contribution >= 4 is 5.97 Å². The number of carbonyl (C=O) groups is 1. The molecule has 0 aliphatic carbocycles. The monoisotopic (exact) mass is 313 g/mol. The fraction of sp³-hybridized carbons (Fsp3) is 0.316. The van der Waals surface area contributed by atoms with Crippen molar-refractivity contribution in [3.63, 3.8) is 0 Å². The molecule has 0 aromatic heterocycles. The Morgan fingerprint density at radius 2 is 1.78 bits per heavy atom. The molecule has 0 fully saturated rings. The second-order valence-corrected chi connectivity index (χ2v) is 5.63. The zero-order chi connectivity index (χ0) is 16.5. The Balaban J connectivity index is 1.71. The minimum atomic E-state index is -0.969. The lowest BCUT2D eigenvalue weighted by Gasteiger charge is -2.14. The third-order valence-electron chi connectivity index (χ3n) is 3.65. The van der Waals surface area contributed by atoms with E-state index in [1.807, 2.05) is 18.2 Å². The molecule has 0 aliphatic heterocycles. The Bertz CT molecular complexity index is 596. The third kappa shape index (κ3) is 6.53. The average molecular weight is 313 g/mol. The van der Waals surface area contributed by atoms with Crippen LogP contribution in [0.2, 0.25) is 0 Å². The summed E-state index contributed by atoms with van der Waals surface area (Å²) in [6.07, 6.45) is 2.15. The summed E-state index contributed by atoms with van der Waals surface area (Å²) in [7, 11) is 0. The van der Waals surface area contributed by atoms with Gasteiger partial charge in [0.15, 0.2) is 6.61 Å². The van der Waals surface area contributed by atoms with E-state index in [-0.39, 0.29) is 6.61 Å². The van der Waals surface area contributed by atoms with Crippen molar-refractivity contribution in [3.05, 3.63) is 65.7 Å². The zero-order valence-corrected chi connectivity index (χ0v) is 13.4. The number of hydrogen-bond donors (Lipinski definition) is 2. The van der Waals surface area contributed by atoms with Gasteiger partial charge in [0.25, 0.3) is 0 Å². The smallest absolute Gasteiger partial charge is 0.341 e. The van der Waals surface area contributed by atoms with Gasteiger partial charge in [-0.25, -0.2) is 4.79 Å².